The monoisotopic (exact) mass is 330 g/mol. The van der Waals surface area contributed by atoms with Gasteiger partial charge in [0.15, 0.2) is 0 Å². The van der Waals surface area contributed by atoms with Gasteiger partial charge in [-0.3, -0.25) is 4.79 Å². The SMILES string of the molecule is Cc1nonc1CN(C)C(=O)c1cnc(N2CCC[C@H](C)C2)nc1. The molecule has 0 radical (unpaired) electrons. The van der Waals surface area contributed by atoms with Crippen molar-refractivity contribution in [2.24, 2.45) is 5.92 Å². The molecular formula is C16H22N6O2. The van der Waals surface area contributed by atoms with Gasteiger partial charge in [-0.05, 0) is 25.7 Å². The zero-order valence-electron chi connectivity index (χ0n) is 14.3. The largest absolute Gasteiger partial charge is 0.341 e. The number of amides is 1. The standard InChI is InChI=1S/C16H22N6O2/c1-11-5-4-6-22(9-11)16-17-7-13(8-18-16)15(23)21(3)10-14-12(2)19-24-20-14/h7-8,11H,4-6,9-10H2,1-3H3/t11-/m0/s1. The summed E-state index contributed by atoms with van der Waals surface area (Å²) in [6.45, 7) is 6.29. The van der Waals surface area contributed by atoms with Gasteiger partial charge in [-0.2, -0.15) is 0 Å². The van der Waals surface area contributed by atoms with Gasteiger partial charge in [0.05, 0.1) is 12.1 Å². The summed E-state index contributed by atoms with van der Waals surface area (Å²) in [4.78, 5) is 25.0. The van der Waals surface area contributed by atoms with Crippen molar-refractivity contribution in [3.05, 3.63) is 29.3 Å². The summed E-state index contributed by atoms with van der Waals surface area (Å²) in [6.07, 6.45) is 5.58. The van der Waals surface area contributed by atoms with Crippen molar-refractivity contribution in [2.75, 3.05) is 25.0 Å². The van der Waals surface area contributed by atoms with Crippen molar-refractivity contribution in [3.63, 3.8) is 0 Å². The molecule has 0 aromatic carbocycles. The Bertz CT molecular complexity index is 699. The molecular weight excluding hydrogens is 308 g/mol. The lowest BCUT2D eigenvalue weighted by Gasteiger charge is -2.30. The van der Waals surface area contributed by atoms with E-state index in [0.717, 1.165) is 19.5 Å². The van der Waals surface area contributed by atoms with E-state index in [1.165, 1.54) is 6.42 Å². The Morgan fingerprint density at radius 2 is 2.12 bits per heavy atom. The third-order valence-corrected chi connectivity index (χ3v) is 4.31. The second-order valence-electron chi connectivity index (χ2n) is 6.42. The number of aromatic nitrogens is 4. The predicted molar refractivity (Wildman–Crippen MR) is 87.5 cm³/mol. The number of carbonyl (C=O) groups is 1. The molecule has 1 saturated heterocycles. The van der Waals surface area contributed by atoms with Crippen LogP contribution in [0.2, 0.25) is 0 Å². The summed E-state index contributed by atoms with van der Waals surface area (Å²) in [5.74, 6) is 1.18. The molecule has 2 aromatic heterocycles. The molecule has 1 atom stereocenters. The summed E-state index contributed by atoms with van der Waals surface area (Å²) >= 11 is 0. The van der Waals surface area contributed by atoms with Crippen LogP contribution in [0.1, 0.15) is 41.5 Å². The molecule has 0 spiro atoms. The van der Waals surface area contributed by atoms with E-state index in [1.54, 1.807) is 31.3 Å². The summed E-state index contributed by atoms with van der Waals surface area (Å²) in [7, 11) is 1.71. The summed E-state index contributed by atoms with van der Waals surface area (Å²) in [6, 6.07) is 0. The number of hydrogen-bond donors (Lipinski definition) is 0. The smallest absolute Gasteiger partial charge is 0.257 e. The minimum atomic E-state index is -0.157. The zero-order chi connectivity index (χ0) is 17.1. The average Bonchev–Trinajstić information content (AvgIpc) is 2.99. The number of carbonyl (C=O) groups excluding carboxylic acids is 1. The molecule has 8 nitrogen and oxygen atoms in total. The Morgan fingerprint density at radius 3 is 2.75 bits per heavy atom. The van der Waals surface area contributed by atoms with Gasteiger partial charge in [-0.25, -0.2) is 14.6 Å². The van der Waals surface area contributed by atoms with E-state index in [-0.39, 0.29) is 5.91 Å². The van der Waals surface area contributed by atoms with Crippen LogP contribution < -0.4 is 4.90 Å². The van der Waals surface area contributed by atoms with Crippen LogP contribution >= 0.6 is 0 Å². The molecule has 3 heterocycles. The quantitative estimate of drug-likeness (QED) is 0.842. The lowest BCUT2D eigenvalue weighted by atomic mass is 10.0. The van der Waals surface area contributed by atoms with Crippen molar-refractivity contribution in [3.8, 4) is 0 Å². The topological polar surface area (TPSA) is 88.2 Å². The second kappa shape index (κ2) is 6.94. The van der Waals surface area contributed by atoms with E-state index >= 15 is 0 Å². The molecule has 1 aliphatic rings. The molecule has 0 saturated carbocycles. The van der Waals surface area contributed by atoms with Crippen LogP contribution in [0, 0.1) is 12.8 Å². The van der Waals surface area contributed by atoms with Crippen molar-refractivity contribution in [2.45, 2.75) is 33.2 Å². The van der Waals surface area contributed by atoms with Crippen LogP contribution in [-0.4, -0.2) is 51.2 Å². The van der Waals surface area contributed by atoms with Crippen LogP contribution in [-0.2, 0) is 6.54 Å². The number of aryl methyl sites for hydroxylation is 1. The molecule has 3 rings (SSSR count). The fourth-order valence-electron chi connectivity index (χ4n) is 2.88. The normalized spacial score (nSPS) is 17.8. The molecule has 24 heavy (non-hydrogen) atoms. The van der Waals surface area contributed by atoms with E-state index in [9.17, 15) is 4.79 Å². The number of anilines is 1. The molecule has 0 unspecified atom stereocenters. The molecule has 0 bridgehead atoms. The van der Waals surface area contributed by atoms with Gasteiger partial charge in [-0.15, -0.1) is 0 Å². The van der Waals surface area contributed by atoms with Crippen LogP contribution in [0.15, 0.2) is 17.0 Å². The molecule has 1 amide bonds. The lowest BCUT2D eigenvalue weighted by Crippen LogP contribution is -2.35. The molecule has 128 valence electrons. The molecule has 1 aliphatic heterocycles. The highest BCUT2D eigenvalue weighted by atomic mass is 16.6. The van der Waals surface area contributed by atoms with E-state index in [4.69, 9.17) is 0 Å². The number of hydrogen-bond acceptors (Lipinski definition) is 7. The van der Waals surface area contributed by atoms with Gasteiger partial charge >= 0.3 is 0 Å². The van der Waals surface area contributed by atoms with Gasteiger partial charge in [0.2, 0.25) is 5.95 Å². The highest BCUT2D eigenvalue weighted by Crippen LogP contribution is 2.19. The summed E-state index contributed by atoms with van der Waals surface area (Å²) in [5.41, 5.74) is 1.78. The molecule has 0 aliphatic carbocycles. The van der Waals surface area contributed by atoms with Crippen molar-refractivity contribution < 1.29 is 9.42 Å². The van der Waals surface area contributed by atoms with Crippen molar-refractivity contribution in [1.82, 2.24) is 25.2 Å². The highest BCUT2D eigenvalue weighted by molar-refractivity contribution is 5.93. The number of piperidine rings is 1. The van der Waals surface area contributed by atoms with E-state index in [2.05, 4.69) is 36.7 Å². The van der Waals surface area contributed by atoms with Gasteiger partial charge in [0.1, 0.15) is 11.4 Å². The Hall–Kier alpha value is -2.51. The van der Waals surface area contributed by atoms with E-state index in [0.29, 0.717) is 35.4 Å². The minimum Gasteiger partial charge on any atom is -0.341 e. The fraction of sp³-hybridized carbons (Fsp3) is 0.562. The average molecular weight is 330 g/mol. The number of nitrogens with zero attached hydrogens (tertiary/aromatic N) is 6. The first-order chi connectivity index (χ1) is 11.5. The Labute approximate surface area is 140 Å². The maximum Gasteiger partial charge on any atom is 0.257 e. The Morgan fingerprint density at radius 1 is 1.38 bits per heavy atom. The second-order valence-corrected chi connectivity index (χ2v) is 6.42. The molecule has 2 aromatic rings. The number of rotatable bonds is 4. The first kappa shape index (κ1) is 16.4. The third-order valence-electron chi connectivity index (χ3n) is 4.31. The van der Waals surface area contributed by atoms with Gasteiger partial charge in [0, 0.05) is 32.5 Å². The first-order valence-electron chi connectivity index (χ1n) is 8.15. The van der Waals surface area contributed by atoms with Crippen molar-refractivity contribution >= 4 is 11.9 Å². The molecule has 0 N–H and O–H groups in total. The van der Waals surface area contributed by atoms with E-state index in [1.807, 2.05) is 0 Å². The van der Waals surface area contributed by atoms with Gasteiger partial charge in [-0.1, -0.05) is 17.2 Å². The summed E-state index contributed by atoms with van der Waals surface area (Å²) < 4.78 is 4.65. The Kier molecular flexibility index (Phi) is 4.73. The lowest BCUT2D eigenvalue weighted by molar-refractivity contribution is 0.0781. The van der Waals surface area contributed by atoms with Crippen LogP contribution in [0.5, 0.6) is 0 Å². The maximum atomic E-state index is 12.5. The third kappa shape index (κ3) is 3.52. The zero-order valence-corrected chi connectivity index (χ0v) is 14.3. The van der Waals surface area contributed by atoms with E-state index < -0.39 is 0 Å². The Balaban J connectivity index is 1.66. The van der Waals surface area contributed by atoms with Gasteiger partial charge < -0.3 is 9.80 Å². The summed E-state index contributed by atoms with van der Waals surface area (Å²) in [5, 5.41) is 7.51. The molecule has 1 fully saturated rings. The predicted octanol–water partition coefficient (Wildman–Crippen LogP) is 1.68. The van der Waals surface area contributed by atoms with Gasteiger partial charge in [0.25, 0.3) is 5.91 Å². The van der Waals surface area contributed by atoms with Crippen LogP contribution in [0.4, 0.5) is 5.95 Å². The minimum absolute atomic E-state index is 0.157. The van der Waals surface area contributed by atoms with Crippen LogP contribution in [0.25, 0.3) is 0 Å². The highest BCUT2D eigenvalue weighted by Gasteiger charge is 2.20. The maximum absolute atomic E-state index is 12.5. The molecule has 8 heteroatoms. The fourth-order valence-corrected chi connectivity index (χ4v) is 2.88. The first-order valence-corrected chi connectivity index (χ1v) is 8.15. The van der Waals surface area contributed by atoms with Crippen molar-refractivity contribution in [1.29, 1.82) is 0 Å². The van der Waals surface area contributed by atoms with Crippen LogP contribution in [0.3, 0.4) is 0 Å².